The fraction of sp³-hybridized carbons (Fsp3) is 1.00. The first kappa shape index (κ1) is 8.10. The van der Waals surface area contributed by atoms with Gasteiger partial charge in [0.2, 0.25) is 0 Å². The van der Waals surface area contributed by atoms with Crippen molar-refractivity contribution in [2.75, 3.05) is 0 Å². The van der Waals surface area contributed by atoms with Crippen LogP contribution in [-0.4, -0.2) is 0 Å². The monoisotopic (exact) mass is 140 g/mol. The lowest BCUT2D eigenvalue weighted by atomic mass is 9.76. The molecule has 0 aromatic carbocycles. The predicted octanol–water partition coefficient (Wildman–Crippen LogP) is 3.61. The Kier molecular flexibility index (Phi) is 2.38. The Morgan fingerprint density at radius 2 is 2.10 bits per heavy atom. The van der Waals surface area contributed by atoms with Crippen LogP contribution in [0.4, 0.5) is 0 Å². The Morgan fingerprint density at radius 3 is 2.50 bits per heavy atom. The fourth-order valence-electron chi connectivity index (χ4n) is 2.47. The molecule has 1 fully saturated rings. The second-order valence-electron chi connectivity index (χ2n) is 4.00. The SMILES string of the molecule is CCC1CCCC1(C)CC. The van der Waals surface area contributed by atoms with E-state index in [-0.39, 0.29) is 0 Å². The zero-order valence-electron chi connectivity index (χ0n) is 7.61. The maximum Gasteiger partial charge on any atom is -0.0300 e. The highest BCUT2D eigenvalue weighted by atomic mass is 14.4. The van der Waals surface area contributed by atoms with Crippen molar-refractivity contribution in [1.29, 1.82) is 0 Å². The van der Waals surface area contributed by atoms with E-state index in [1.165, 1.54) is 32.1 Å². The summed E-state index contributed by atoms with van der Waals surface area (Å²) in [5, 5.41) is 0. The molecule has 0 radical (unpaired) electrons. The highest BCUT2D eigenvalue weighted by Crippen LogP contribution is 2.46. The molecule has 0 saturated heterocycles. The van der Waals surface area contributed by atoms with Crippen LogP contribution in [0.25, 0.3) is 0 Å². The van der Waals surface area contributed by atoms with E-state index in [9.17, 15) is 0 Å². The molecule has 1 aliphatic rings. The number of hydrogen-bond acceptors (Lipinski definition) is 0. The minimum absolute atomic E-state index is 0.703. The summed E-state index contributed by atoms with van der Waals surface area (Å²) in [6, 6.07) is 0. The summed E-state index contributed by atoms with van der Waals surface area (Å²) in [6.45, 7) is 7.14. The van der Waals surface area contributed by atoms with Gasteiger partial charge < -0.3 is 0 Å². The van der Waals surface area contributed by atoms with Crippen molar-refractivity contribution in [3.8, 4) is 0 Å². The standard InChI is InChI=1S/C10H20/c1-4-9-7-6-8-10(9,3)5-2/h9H,4-8H2,1-3H3. The lowest BCUT2D eigenvalue weighted by molar-refractivity contribution is 0.213. The van der Waals surface area contributed by atoms with Crippen LogP contribution < -0.4 is 0 Å². The van der Waals surface area contributed by atoms with Crippen LogP contribution in [0.1, 0.15) is 52.9 Å². The minimum atomic E-state index is 0.703. The van der Waals surface area contributed by atoms with E-state index in [1.54, 1.807) is 0 Å². The lowest BCUT2D eigenvalue weighted by Gasteiger charge is -2.29. The van der Waals surface area contributed by atoms with E-state index >= 15 is 0 Å². The summed E-state index contributed by atoms with van der Waals surface area (Å²) in [5.74, 6) is 1.03. The summed E-state index contributed by atoms with van der Waals surface area (Å²) in [6.07, 6.45) is 7.21. The molecule has 0 aliphatic heterocycles. The maximum absolute atomic E-state index is 2.47. The molecule has 0 heterocycles. The molecule has 1 aliphatic carbocycles. The molecule has 0 heteroatoms. The van der Waals surface area contributed by atoms with E-state index in [0.717, 1.165) is 5.92 Å². The lowest BCUT2D eigenvalue weighted by Crippen LogP contribution is -2.19. The van der Waals surface area contributed by atoms with Gasteiger partial charge in [-0.1, -0.05) is 40.0 Å². The summed E-state index contributed by atoms with van der Waals surface area (Å²) >= 11 is 0. The van der Waals surface area contributed by atoms with Crippen LogP contribution >= 0.6 is 0 Å². The molecular weight excluding hydrogens is 120 g/mol. The maximum atomic E-state index is 2.47. The molecule has 2 atom stereocenters. The molecule has 0 amide bonds. The fourth-order valence-corrected chi connectivity index (χ4v) is 2.47. The molecule has 0 aromatic rings. The second-order valence-corrected chi connectivity index (χ2v) is 4.00. The first-order chi connectivity index (χ1) is 4.73. The van der Waals surface area contributed by atoms with Gasteiger partial charge in [0.15, 0.2) is 0 Å². The zero-order valence-corrected chi connectivity index (χ0v) is 7.61. The van der Waals surface area contributed by atoms with Gasteiger partial charge in [0, 0.05) is 0 Å². The van der Waals surface area contributed by atoms with E-state index in [2.05, 4.69) is 20.8 Å². The van der Waals surface area contributed by atoms with Gasteiger partial charge in [-0.2, -0.15) is 0 Å². The van der Waals surface area contributed by atoms with Gasteiger partial charge in [0.05, 0.1) is 0 Å². The first-order valence-electron chi connectivity index (χ1n) is 4.73. The molecule has 0 aromatic heterocycles. The zero-order chi connectivity index (χ0) is 7.61. The van der Waals surface area contributed by atoms with E-state index in [4.69, 9.17) is 0 Å². The van der Waals surface area contributed by atoms with Crippen LogP contribution in [0.3, 0.4) is 0 Å². The van der Waals surface area contributed by atoms with Crippen LogP contribution in [0.2, 0.25) is 0 Å². The third-order valence-electron chi connectivity index (χ3n) is 3.59. The van der Waals surface area contributed by atoms with E-state index in [0.29, 0.717) is 5.41 Å². The molecule has 0 bridgehead atoms. The Hall–Kier alpha value is 0. The third-order valence-corrected chi connectivity index (χ3v) is 3.59. The van der Waals surface area contributed by atoms with Crippen molar-refractivity contribution >= 4 is 0 Å². The Morgan fingerprint density at radius 1 is 1.40 bits per heavy atom. The second kappa shape index (κ2) is 2.94. The van der Waals surface area contributed by atoms with Crippen LogP contribution in [0, 0.1) is 11.3 Å². The van der Waals surface area contributed by atoms with Crippen LogP contribution in [0.15, 0.2) is 0 Å². The highest BCUT2D eigenvalue weighted by molar-refractivity contribution is 4.86. The van der Waals surface area contributed by atoms with E-state index in [1.807, 2.05) is 0 Å². The summed E-state index contributed by atoms with van der Waals surface area (Å²) < 4.78 is 0. The summed E-state index contributed by atoms with van der Waals surface area (Å²) in [7, 11) is 0. The van der Waals surface area contributed by atoms with Crippen molar-refractivity contribution in [3.05, 3.63) is 0 Å². The van der Waals surface area contributed by atoms with Crippen molar-refractivity contribution in [3.63, 3.8) is 0 Å². The normalized spacial score (nSPS) is 40.5. The van der Waals surface area contributed by atoms with Crippen molar-refractivity contribution in [1.82, 2.24) is 0 Å². The van der Waals surface area contributed by atoms with Crippen molar-refractivity contribution in [2.45, 2.75) is 52.9 Å². The van der Waals surface area contributed by atoms with E-state index < -0.39 is 0 Å². The average Bonchev–Trinajstić information content (AvgIpc) is 2.32. The summed E-state index contributed by atoms with van der Waals surface area (Å²) in [5.41, 5.74) is 0.703. The molecule has 2 unspecified atom stereocenters. The predicted molar refractivity (Wildman–Crippen MR) is 46.0 cm³/mol. The Bertz CT molecular complexity index is 107. The number of hydrogen-bond donors (Lipinski definition) is 0. The number of rotatable bonds is 2. The van der Waals surface area contributed by atoms with Gasteiger partial charge in [-0.3, -0.25) is 0 Å². The Balaban J connectivity index is 2.56. The van der Waals surface area contributed by atoms with Gasteiger partial charge in [-0.15, -0.1) is 0 Å². The minimum Gasteiger partial charge on any atom is -0.0651 e. The van der Waals surface area contributed by atoms with Crippen molar-refractivity contribution in [2.24, 2.45) is 11.3 Å². The van der Waals surface area contributed by atoms with Crippen LogP contribution in [0.5, 0.6) is 0 Å². The first-order valence-corrected chi connectivity index (χ1v) is 4.73. The molecule has 0 nitrogen and oxygen atoms in total. The molecular formula is C10H20. The third kappa shape index (κ3) is 1.21. The molecule has 0 spiro atoms. The van der Waals surface area contributed by atoms with Crippen molar-refractivity contribution < 1.29 is 0 Å². The quantitative estimate of drug-likeness (QED) is 0.549. The summed E-state index contributed by atoms with van der Waals surface area (Å²) in [4.78, 5) is 0. The molecule has 1 saturated carbocycles. The van der Waals surface area contributed by atoms with Gasteiger partial charge >= 0.3 is 0 Å². The smallest absolute Gasteiger partial charge is 0.0300 e. The topological polar surface area (TPSA) is 0 Å². The Labute approximate surface area is 65.0 Å². The van der Waals surface area contributed by atoms with Gasteiger partial charge in [0.1, 0.15) is 0 Å². The largest absolute Gasteiger partial charge is 0.0651 e. The molecule has 1 rings (SSSR count). The van der Waals surface area contributed by atoms with Crippen LogP contribution in [-0.2, 0) is 0 Å². The molecule has 10 heavy (non-hydrogen) atoms. The highest BCUT2D eigenvalue weighted by Gasteiger charge is 2.35. The van der Waals surface area contributed by atoms with Gasteiger partial charge in [0.25, 0.3) is 0 Å². The molecule has 60 valence electrons. The molecule has 0 N–H and O–H groups in total. The van der Waals surface area contributed by atoms with Gasteiger partial charge in [-0.25, -0.2) is 0 Å². The van der Waals surface area contributed by atoms with Gasteiger partial charge in [-0.05, 0) is 24.2 Å². The average molecular weight is 140 g/mol.